The Morgan fingerprint density at radius 1 is 1.29 bits per heavy atom. The highest BCUT2D eigenvalue weighted by Crippen LogP contribution is 2.24. The normalized spacial score (nSPS) is 22.8. The highest BCUT2D eigenvalue weighted by molar-refractivity contribution is 7.91. The summed E-state index contributed by atoms with van der Waals surface area (Å²) in [6, 6.07) is 5.34. The maximum Gasteiger partial charge on any atom is 0.151 e. The van der Waals surface area contributed by atoms with Crippen LogP contribution in [0.25, 0.3) is 0 Å². The van der Waals surface area contributed by atoms with Gasteiger partial charge < -0.3 is 5.32 Å². The molecular formula is C11H13Cl2NO2S. The predicted molar refractivity (Wildman–Crippen MR) is 70.4 cm³/mol. The van der Waals surface area contributed by atoms with Crippen LogP contribution < -0.4 is 5.32 Å². The molecule has 3 nitrogen and oxygen atoms in total. The van der Waals surface area contributed by atoms with Gasteiger partial charge >= 0.3 is 0 Å². The molecule has 0 amide bonds. The van der Waals surface area contributed by atoms with Crippen molar-refractivity contribution in [1.29, 1.82) is 0 Å². The second-order valence-corrected chi connectivity index (χ2v) is 7.22. The van der Waals surface area contributed by atoms with Gasteiger partial charge in [0, 0.05) is 28.2 Å². The number of halogens is 2. The molecule has 6 heteroatoms. The molecule has 0 aliphatic carbocycles. The topological polar surface area (TPSA) is 46.2 Å². The molecule has 1 N–H and O–H groups in total. The second-order valence-electron chi connectivity index (χ2n) is 4.18. The molecule has 0 spiro atoms. The van der Waals surface area contributed by atoms with Crippen molar-refractivity contribution < 1.29 is 8.42 Å². The number of hydrogen-bond donors (Lipinski definition) is 1. The molecule has 1 aliphatic rings. The van der Waals surface area contributed by atoms with Gasteiger partial charge in [0.25, 0.3) is 0 Å². The molecule has 0 radical (unpaired) electrons. The van der Waals surface area contributed by atoms with Crippen LogP contribution in [0.4, 0.5) is 0 Å². The maximum absolute atomic E-state index is 11.3. The molecule has 1 aliphatic heterocycles. The lowest BCUT2D eigenvalue weighted by atomic mass is 10.2. The van der Waals surface area contributed by atoms with E-state index in [1.54, 1.807) is 18.2 Å². The first-order valence-electron chi connectivity index (χ1n) is 5.34. The van der Waals surface area contributed by atoms with Crippen molar-refractivity contribution in [1.82, 2.24) is 5.32 Å². The summed E-state index contributed by atoms with van der Waals surface area (Å²) >= 11 is 12.1. The van der Waals surface area contributed by atoms with Crippen LogP contribution in [0.15, 0.2) is 18.2 Å². The van der Waals surface area contributed by atoms with Crippen molar-refractivity contribution >= 4 is 33.0 Å². The van der Waals surface area contributed by atoms with Crippen LogP contribution >= 0.6 is 23.2 Å². The zero-order chi connectivity index (χ0) is 12.5. The van der Waals surface area contributed by atoms with Gasteiger partial charge in [0.2, 0.25) is 0 Å². The van der Waals surface area contributed by atoms with Crippen LogP contribution in [0.3, 0.4) is 0 Å². The van der Waals surface area contributed by atoms with Crippen LogP contribution in [0.5, 0.6) is 0 Å². The molecule has 1 unspecified atom stereocenters. The fraction of sp³-hybridized carbons (Fsp3) is 0.455. The number of rotatable bonds is 3. The Balaban J connectivity index is 1.99. The minimum absolute atomic E-state index is 0.00680. The van der Waals surface area contributed by atoms with Crippen molar-refractivity contribution in [3.63, 3.8) is 0 Å². The van der Waals surface area contributed by atoms with E-state index in [9.17, 15) is 8.42 Å². The Kier molecular flexibility index (Phi) is 3.98. The molecule has 1 aromatic carbocycles. The minimum atomic E-state index is -2.85. The number of benzene rings is 1. The third-order valence-corrected chi connectivity index (χ3v) is 5.34. The fourth-order valence-electron chi connectivity index (χ4n) is 1.90. The maximum atomic E-state index is 11.3. The Bertz CT molecular complexity index is 496. The molecule has 94 valence electrons. The van der Waals surface area contributed by atoms with Crippen LogP contribution in [0.2, 0.25) is 10.0 Å². The largest absolute Gasteiger partial charge is 0.309 e. The van der Waals surface area contributed by atoms with Crippen molar-refractivity contribution in [2.24, 2.45) is 0 Å². The summed E-state index contributed by atoms with van der Waals surface area (Å²) in [6.45, 7) is 0.499. The van der Waals surface area contributed by atoms with Gasteiger partial charge in [-0.2, -0.15) is 0 Å². The zero-order valence-electron chi connectivity index (χ0n) is 9.12. The number of nitrogens with one attached hydrogen (secondary N) is 1. The molecule has 1 aromatic rings. The van der Waals surface area contributed by atoms with Gasteiger partial charge in [0.1, 0.15) is 0 Å². The molecular weight excluding hydrogens is 281 g/mol. The summed E-state index contributed by atoms with van der Waals surface area (Å²) in [7, 11) is -2.85. The Hall–Kier alpha value is -0.290. The van der Waals surface area contributed by atoms with Crippen molar-refractivity contribution in [2.75, 3.05) is 11.5 Å². The molecule has 0 saturated carbocycles. The standard InChI is InChI=1S/C11H13Cl2NO2S/c12-10-2-1-3-11(13)9(10)6-14-8-4-5-17(15,16)7-8/h1-3,8,14H,4-7H2. The first kappa shape index (κ1) is 13.1. The van der Waals surface area contributed by atoms with Crippen LogP contribution in [0.1, 0.15) is 12.0 Å². The monoisotopic (exact) mass is 293 g/mol. The van der Waals surface area contributed by atoms with Crippen molar-refractivity contribution in [2.45, 2.75) is 19.0 Å². The van der Waals surface area contributed by atoms with Crippen LogP contribution in [-0.2, 0) is 16.4 Å². The first-order chi connectivity index (χ1) is 7.98. The van der Waals surface area contributed by atoms with E-state index in [1.165, 1.54) is 0 Å². The van der Waals surface area contributed by atoms with Gasteiger partial charge in [0.15, 0.2) is 9.84 Å². The van der Waals surface area contributed by atoms with E-state index in [1.807, 2.05) is 0 Å². The molecule has 17 heavy (non-hydrogen) atoms. The molecule has 1 fully saturated rings. The zero-order valence-corrected chi connectivity index (χ0v) is 11.4. The quantitative estimate of drug-likeness (QED) is 0.930. The van der Waals surface area contributed by atoms with Gasteiger partial charge in [-0.15, -0.1) is 0 Å². The second kappa shape index (κ2) is 5.14. The lowest BCUT2D eigenvalue weighted by Gasteiger charge is -2.12. The van der Waals surface area contributed by atoms with Gasteiger partial charge in [0.05, 0.1) is 11.5 Å². The van der Waals surface area contributed by atoms with E-state index in [2.05, 4.69) is 5.32 Å². The first-order valence-corrected chi connectivity index (χ1v) is 7.92. The smallest absolute Gasteiger partial charge is 0.151 e. The van der Waals surface area contributed by atoms with Crippen LogP contribution in [-0.4, -0.2) is 26.0 Å². The van der Waals surface area contributed by atoms with E-state index in [-0.39, 0.29) is 17.5 Å². The van der Waals surface area contributed by atoms with Gasteiger partial charge in [-0.05, 0) is 18.6 Å². The van der Waals surface area contributed by atoms with E-state index in [0.29, 0.717) is 23.0 Å². The summed E-state index contributed by atoms with van der Waals surface area (Å²) < 4.78 is 22.6. The molecule has 1 saturated heterocycles. The van der Waals surface area contributed by atoms with Crippen molar-refractivity contribution in [3.05, 3.63) is 33.8 Å². The summed E-state index contributed by atoms with van der Waals surface area (Å²) in [5, 5.41) is 4.39. The van der Waals surface area contributed by atoms with Crippen LogP contribution in [0, 0.1) is 0 Å². The van der Waals surface area contributed by atoms with E-state index >= 15 is 0 Å². The fourth-order valence-corrected chi connectivity index (χ4v) is 4.14. The lowest BCUT2D eigenvalue weighted by molar-refractivity contribution is 0.554. The van der Waals surface area contributed by atoms with Crippen molar-refractivity contribution in [3.8, 4) is 0 Å². The average molecular weight is 294 g/mol. The molecule has 0 bridgehead atoms. The SMILES string of the molecule is O=S1(=O)CCC(NCc2c(Cl)cccc2Cl)C1. The number of hydrogen-bond acceptors (Lipinski definition) is 3. The van der Waals surface area contributed by atoms with E-state index < -0.39 is 9.84 Å². The highest BCUT2D eigenvalue weighted by atomic mass is 35.5. The van der Waals surface area contributed by atoms with E-state index in [4.69, 9.17) is 23.2 Å². The summed E-state index contributed by atoms with van der Waals surface area (Å²) in [6.07, 6.45) is 0.657. The summed E-state index contributed by atoms with van der Waals surface area (Å²) in [4.78, 5) is 0. The third-order valence-electron chi connectivity index (χ3n) is 2.86. The van der Waals surface area contributed by atoms with Gasteiger partial charge in [-0.25, -0.2) is 8.42 Å². The Morgan fingerprint density at radius 2 is 1.94 bits per heavy atom. The molecule has 1 heterocycles. The predicted octanol–water partition coefficient (Wildman–Crippen LogP) is 2.27. The van der Waals surface area contributed by atoms with Gasteiger partial charge in [-0.3, -0.25) is 0 Å². The Labute approximate surface area is 111 Å². The third kappa shape index (κ3) is 3.35. The van der Waals surface area contributed by atoms with Gasteiger partial charge in [-0.1, -0.05) is 29.3 Å². The lowest BCUT2D eigenvalue weighted by Crippen LogP contribution is -2.29. The molecule has 1 atom stereocenters. The van der Waals surface area contributed by atoms with E-state index in [0.717, 1.165) is 5.56 Å². The minimum Gasteiger partial charge on any atom is -0.309 e. The Morgan fingerprint density at radius 3 is 2.47 bits per heavy atom. The summed E-state index contributed by atoms with van der Waals surface area (Å²) in [5.41, 5.74) is 0.820. The number of sulfone groups is 1. The molecule has 2 rings (SSSR count). The summed E-state index contributed by atoms with van der Waals surface area (Å²) in [5.74, 6) is 0.468. The average Bonchev–Trinajstić information content (AvgIpc) is 2.57. The highest BCUT2D eigenvalue weighted by Gasteiger charge is 2.27. The molecule has 0 aromatic heterocycles.